The molecule has 1 N–H and O–H groups in total. The average Bonchev–Trinajstić information content (AvgIpc) is 2.64. The number of hydrogen-bond acceptors (Lipinski definition) is 3. The van der Waals surface area contributed by atoms with Crippen LogP contribution in [0.5, 0.6) is 0 Å². The van der Waals surface area contributed by atoms with E-state index in [9.17, 15) is 18.4 Å². The van der Waals surface area contributed by atoms with Gasteiger partial charge in [0, 0.05) is 5.56 Å². The largest absolute Gasteiger partial charge is 0.467 e. The van der Waals surface area contributed by atoms with Gasteiger partial charge in [0.2, 0.25) is 5.91 Å². The van der Waals surface area contributed by atoms with Crippen molar-refractivity contribution in [1.82, 2.24) is 5.32 Å². The molecule has 0 aliphatic carbocycles. The number of rotatable bonds is 7. The Morgan fingerprint density at radius 2 is 1.73 bits per heavy atom. The number of nitrogens with one attached hydrogen (secondary N) is 1. The first-order valence-electron chi connectivity index (χ1n) is 8.03. The summed E-state index contributed by atoms with van der Waals surface area (Å²) < 4.78 is 32.0. The van der Waals surface area contributed by atoms with Gasteiger partial charge in [0.25, 0.3) is 0 Å². The molecule has 0 bridgehead atoms. The summed E-state index contributed by atoms with van der Waals surface area (Å²) in [4.78, 5) is 24.0. The number of benzene rings is 2. The van der Waals surface area contributed by atoms with Crippen LogP contribution in [0.2, 0.25) is 0 Å². The minimum absolute atomic E-state index is 0.188. The minimum atomic E-state index is -0.942. The van der Waals surface area contributed by atoms with Crippen LogP contribution >= 0.6 is 0 Å². The van der Waals surface area contributed by atoms with E-state index in [1.165, 1.54) is 13.2 Å². The highest BCUT2D eigenvalue weighted by atomic mass is 19.1. The molecule has 6 heteroatoms. The fourth-order valence-corrected chi connectivity index (χ4v) is 2.37. The molecular weight excluding hydrogens is 340 g/mol. The number of methoxy groups -OCH3 is 1. The van der Waals surface area contributed by atoms with Gasteiger partial charge in [-0.3, -0.25) is 4.79 Å². The van der Waals surface area contributed by atoms with Crippen molar-refractivity contribution in [2.24, 2.45) is 0 Å². The lowest BCUT2D eigenvalue weighted by Crippen LogP contribution is -2.42. The lowest BCUT2D eigenvalue weighted by Gasteiger charge is -2.15. The molecule has 0 aliphatic heterocycles. The smallest absolute Gasteiger partial charge is 0.328 e. The molecule has 0 saturated carbocycles. The summed E-state index contributed by atoms with van der Waals surface area (Å²) >= 11 is 0. The van der Waals surface area contributed by atoms with E-state index in [1.807, 2.05) is 30.3 Å². The van der Waals surface area contributed by atoms with Crippen LogP contribution in [-0.2, 0) is 20.7 Å². The molecule has 2 aromatic rings. The Balaban J connectivity index is 2.02. The molecular formula is C20H19F2NO3. The number of carbonyl (C=O) groups is 2. The van der Waals surface area contributed by atoms with Gasteiger partial charge in [-0.15, -0.1) is 0 Å². The van der Waals surface area contributed by atoms with E-state index in [0.29, 0.717) is 0 Å². The maximum Gasteiger partial charge on any atom is 0.328 e. The first-order valence-corrected chi connectivity index (χ1v) is 8.03. The predicted molar refractivity (Wildman–Crippen MR) is 94.1 cm³/mol. The van der Waals surface area contributed by atoms with Crippen LogP contribution in [0.3, 0.4) is 0 Å². The van der Waals surface area contributed by atoms with E-state index >= 15 is 0 Å². The van der Waals surface area contributed by atoms with E-state index in [0.717, 1.165) is 17.7 Å². The molecule has 2 aromatic carbocycles. The molecule has 1 amide bonds. The highest BCUT2D eigenvalue weighted by Crippen LogP contribution is 2.13. The monoisotopic (exact) mass is 359 g/mol. The summed E-state index contributed by atoms with van der Waals surface area (Å²) in [5.74, 6) is -2.92. The molecule has 0 heterocycles. The van der Waals surface area contributed by atoms with Crippen molar-refractivity contribution in [1.29, 1.82) is 0 Å². The molecule has 1 atom stereocenters. The van der Waals surface area contributed by atoms with Crippen molar-refractivity contribution in [3.63, 3.8) is 0 Å². The van der Waals surface area contributed by atoms with Crippen LogP contribution in [-0.4, -0.2) is 25.0 Å². The van der Waals surface area contributed by atoms with E-state index < -0.39 is 36.0 Å². The summed E-state index contributed by atoms with van der Waals surface area (Å²) in [6, 6.07) is 11.9. The molecule has 2 rings (SSSR count). The van der Waals surface area contributed by atoms with Crippen LogP contribution in [0.1, 0.15) is 17.5 Å². The summed E-state index contributed by atoms with van der Waals surface area (Å²) in [5.41, 5.74) is 0.601. The summed E-state index contributed by atoms with van der Waals surface area (Å²) in [5, 5.41) is 2.46. The Morgan fingerprint density at radius 3 is 2.35 bits per heavy atom. The second-order valence-electron chi connectivity index (χ2n) is 5.57. The summed E-state index contributed by atoms with van der Waals surface area (Å²) in [6.45, 7) is 0. The minimum Gasteiger partial charge on any atom is -0.467 e. The van der Waals surface area contributed by atoms with Crippen molar-refractivity contribution in [3.05, 3.63) is 77.4 Å². The van der Waals surface area contributed by atoms with Crippen LogP contribution < -0.4 is 5.32 Å². The van der Waals surface area contributed by atoms with Gasteiger partial charge in [0.15, 0.2) is 0 Å². The molecule has 0 radical (unpaired) electrons. The third-order valence-corrected chi connectivity index (χ3v) is 3.70. The molecule has 0 spiro atoms. The zero-order valence-electron chi connectivity index (χ0n) is 14.2. The first kappa shape index (κ1) is 19.3. The Kier molecular flexibility index (Phi) is 7.02. The van der Waals surface area contributed by atoms with Crippen molar-refractivity contribution < 1.29 is 23.1 Å². The van der Waals surface area contributed by atoms with Crippen LogP contribution in [0.15, 0.2) is 54.6 Å². The fourth-order valence-electron chi connectivity index (χ4n) is 2.37. The van der Waals surface area contributed by atoms with Gasteiger partial charge in [-0.2, -0.15) is 0 Å². The van der Waals surface area contributed by atoms with Crippen molar-refractivity contribution in [2.75, 3.05) is 7.11 Å². The highest BCUT2D eigenvalue weighted by molar-refractivity contribution is 5.85. The number of esters is 1. The molecule has 0 aromatic heterocycles. The van der Waals surface area contributed by atoms with E-state index in [2.05, 4.69) is 10.1 Å². The molecule has 26 heavy (non-hydrogen) atoms. The Bertz CT molecular complexity index is 771. The number of ether oxygens (including phenoxy) is 1. The van der Waals surface area contributed by atoms with Gasteiger partial charge in [-0.1, -0.05) is 48.6 Å². The Hall–Kier alpha value is -3.02. The molecule has 136 valence electrons. The van der Waals surface area contributed by atoms with Crippen LogP contribution in [0, 0.1) is 11.6 Å². The highest BCUT2D eigenvalue weighted by Gasteiger charge is 2.21. The lowest BCUT2D eigenvalue weighted by molar-refractivity contribution is -0.144. The normalized spacial score (nSPS) is 12.0. The second kappa shape index (κ2) is 9.46. The van der Waals surface area contributed by atoms with Crippen LogP contribution in [0.25, 0.3) is 6.08 Å². The quantitative estimate of drug-likeness (QED) is 0.772. The topological polar surface area (TPSA) is 55.4 Å². The zero-order valence-corrected chi connectivity index (χ0v) is 14.2. The van der Waals surface area contributed by atoms with Crippen molar-refractivity contribution in [2.45, 2.75) is 18.9 Å². The molecule has 0 aliphatic rings. The van der Waals surface area contributed by atoms with E-state index in [-0.39, 0.29) is 12.0 Å². The third-order valence-electron chi connectivity index (χ3n) is 3.70. The predicted octanol–water partition coefficient (Wildman–Crippen LogP) is 3.27. The fraction of sp³-hybridized carbons (Fsp3) is 0.200. The SMILES string of the molecule is COC(=O)[C@@H](C/C=C/c1ccccc1)NC(=O)Cc1c(F)cccc1F. The zero-order chi connectivity index (χ0) is 18.9. The standard InChI is InChI=1S/C20H19F2NO3/c1-26-20(25)18(12-5-9-14-7-3-2-4-8-14)23-19(24)13-15-16(21)10-6-11-17(15)22/h2-11,18H,12-13H2,1H3,(H,23,24)/b9-5+/t18-/m1/s1. The van der Waals surface area contributed by atoms with Gasteiger partial charge >= 0.3 is 5.97 Å². The van der Waals surface area contributed by atoms with Crippen LogP contribution in [0.4, 0.5) is 8.78 Å². The number of carbonyl (C=O) groups excluding carboxylic acids is 2. The third kappa shape index (κ3) is 5.51. The first-order chi connectivity index (χ1) is 12.5. The molecule has 0 unspecified atom stereocenters. The maximum atomic E-state index is 13.6. The summed E-state index contributed by atoms with van der Waals surface area (Å²) in [6.07, 6.45) is 3.21. The lowest BCUT2D eigenvalue weighted by atomic mass is 10.1. The second-order valence-corrected chi connectivity index (χ2v) is 5.57. The molecule has 4 nitrogen and oxygen atoms in total. The number of halogens is 2. The number of amides is 1. The maximum absolute atomic E-state index is 13.6. The Morgan fingerprint density at radius 1 is 1.08 bits per heavy atom. The van der Waals surface area contributed by atoms with Gasteiger partial charge in [0.1, 0.15) is 17.7 Å². The number of hydrogen-bond donors (Lipinski definition) is 1. The van der Waals surface area contributed by atoms with Crippen molar-refractivity contribution >= 4 is 18.0 Å². The van der Waals surface area contributed by atoms with Gasteiger partial charge < -0.3 is 10.1 Å². The van der Waals surface area contributed by atoms with Gasteiger partial charge in [0.05, 0.1) is 13.5 Å². The Labute approximate surface area is 150 Å². The molecule has 0 fully saturated rings. The average molecular weight is 359 g/mol. The van der Waals surface area contributed by atoms with Gasteiger partial charge in [-0.25, -0.2) is 13.6 Å². The van der Waals surface area contributed by atoms with Gasteiger partial charge in [-0.05, 0) is 24.1 Å². The van der Waals surface area contributed by atoms with E-state index in [4.69, 9.17) is 0 Å². The van der Waals surface area contributed by atoms with Crippen molar-refractivity contribution in [3.8, 4) is 0 Å². The van der Waals surface area contributed by atoms with E-state index in [1.54, 1.807) is 12.2 Å². The molecule has 0 saturated heterocycles. The summed E-state index contributed by atoms with van der Waals surface area (Å²) in [7, 11) is 1.21.